The third kappa shape index (κ3) is 12.1. The number of likely N-dealkylation sites (tertiary alicyclic amines) is 1. The lowest BCUT2D eigenvalue weighted by atomic mass is 9.75. The van der Waals surface area contributed by atoms with Crippen molar-refractivity contribution in [1.29, 1.82) is 0 Å². The van der Waals surface area contributed by atoms with Gasteiger partial charge in [-0.2, -0.15) is 0 Å². The number of nitrogens with one attached hydrogen (secondary N) is 2. The molecule has 17 heteroatoms. The Morgan fingerprint density at radius 2 is 1.55 bits per heavy atom. The molecule has 0 aromatic heterocycles. The Morgan fingerprint density at radius 1 is 0.938 bits per heavy atom. The minimum atomic E-state index is -1.50. The summed E-state index contributed by atoms with van der Waals surface area (Å²) in [4.78, 5) is 121. The normalized spacial score (nSPS) is 22.7. The molecule has 17 nitrogen and oxygen atoms in total. The van der Waals surface area contributed by atoms with Crippen LogP contribution < -0.4 is 16.4 Å². The third-order valence-corrected chi connectivity index (χ3v) is 14.6. The molecule has 1 aromatic rings. The highest BCUT2D eigenvalue weighted by Crippen LogP contribution is 2.65. The molecule has 65 heavy (non-hydrogen) atoms. The highest BCUT2D eigenvalue weighted by Gasteiger charge is 2.70. The number of piperidine rings is 1. The van der Waals surface area contributed by atoms with E-state index in [1.54, 1.807) is 20.8 Å². The Kier molecular flexibility index (Phi) is 16.5. The minimum absolute atomic E-state index is 0.00412. The Morgan fingerprint density at radius 3 is 2.11 bits per heavy atom. The summed E-state index contributed by atoms with van der Waals surface area (Å²) in [6, 6.07) is -0.313. The maximum absolute atomic E-state index is 14.9. The Hall–Kier alpha value is -5.48. The molecule has 1 heterocycles. The predicted octanol–water partition coefficient (Wildman–Crippen LogP) is 5.71. The number of nitro groups is 1. The smallest absolute Gasteiger partial charge is 0.336 e. The summed E-state index contributed by atoms with van der Waals surface area (Å²) in [5, 5.41) is 27.3. The van der Waals surface area contributed by atoms with Gasteiger partial charge in [-0.1, -0.05) is 79.2 Å². The Labute approximate surface area is 380 Å². The number of esters is 1. The standard InChI is InChI=1S/C48H67N5O12/c1-47(2,3)41(51-43(58)29(19-13-14-20-37(56)65-6)23-35(54)33-24-30(53(63)64)21-22-31(33)46(61)62)45(60)52-26-34-38(48(34,4)5)40(52)44(59)50-39(28-17-11-8-12-18-28)36(55)25-32(42(49)57)27-15-9-7-10-16-27/h14,20-22,24,27-29,32,34,38-41H,7-13,15-19,23,25-26H2,1-6H3,(H2,49,57)(H,50,59)(H,51,58)(H,61,62)/b20-14+/t29-,32+,34+,38+,39+,40+,41-/m1/s1. The lowest BCUT2D eigenvalue weighted by molar-refractivity contribution is -0.384. The fourth-order valence-corrected chi connectivity index (χ4v) is 10.7. The number of methoxy groups -OCH3 is 1. The number of benzene rings is 1. The number of carbonyl (C=O) groups excluding carboxylic acids is 7. The van der Waals surface area contributed by atoms with E-state index >= 15 is 0 Å². The monoisotopic (exact) mass is 905 g/mol. The molecule has 3 saturated carbocycles. The number of carboxylic acids is 1. The quantitative estimate of drug-likeness (QED) is 0.0403. The number of primary amides is 1. The number of hydrogen-bond acceptors (Lipinski definition) is 11. The summed E-state index contributed by atoms with van der Waals surface area (Å²) >= 11 is 0. The van der Waals surface area contributed by atoms with Gasteiger partial charge in [-0.15, -0.1) is 0 Å². The largest absolute Gasteiger partial charge is 0.478 e. The van der Waals surface area contributed by atoms with Gasteiger partial charge in [0.2, 0.25) is 23.6 Å². The summed E-state index contributed by atoms with van der Waals surface area (Å²) in [7, 11) is 1.19. The molecule has 356 valence electrons. The first kappa shape index (κ1) is 50.5. The number of ketones is 2. The average Bonchev–Trinajstić information content (AvgIpc) is 3.55. The van der Waals surface area contributed by atoms with Crippen molar-refractivity contribution in [1.82, 2.24) is 15.5 Å². The van der Waals surface area contributed by atoms with Gasteiger partial charge in [0.1, 0.15) is 12.1 Å². The third-order valence-electron chi connectivity index (χ3n) is 14.6. The van der Waals surface area contributed by atoms with Crippen molar-refractivity contribution in [2.75, 3.05) is 13.7 Å². The molecule has 0 spiro atoms. The Balaban J connectivity index is 1.42. The van der Waals surface area contributed by atoms with Gasteiger partial charge in [0, 0.05) is 55.0 Å². The minimum Gasteiger partial charge on any atom is -0.478 e. The van der Waals surface area contributed by atoms with E-state index in [1.165, 1.54) is 18.1 Å². The van der Waals surface area contributed by atoms with E-state index in [4.69, 9.17) is 5.73 Å². The van der Waals surface area contributed by atoms with Gasteiger partial charge in [-0.3, -0.25) is 38.9 Å². The van der Waals surface area contributed by atoms with Gasteiger partial charge in [0.25, 0.3) is 5.69 Å². The first-order valence-electron chi connectivity index (χ1n) is 23.1. The number of amides is 4. The predicted molar refractivity (Wildman–Crippen MR) is 238 cm³/mol. The van der Waals surface area contributed by atoms with Gasteiger partial charge in [-0.05, 0) is 79.1 Å². The lowest BCUT2D eigenvalue weighted by Crippen LogP contribution is -2.61. The first-order chi connectivity index (χ1) is 30.6. The molecule has 5 N–H and O–H groups in total. The summed E-state index contributed by atoms with van der Waals surface area (Å²) in [6.07, 6.45) is 10.9. The van der Waals surface area contributed by atoms with Gasteiger partial charge in [0.05, 0.1) is 23.6 Å². The zero-order valence-corrected chi connectivity index (χ0v) is 38.6. The van der Waals surface area contributed by atoms with Crippen LogP contribution in [0, 0.1) is 56.5 Å². The molecule has 5 rings (SSSR count). The van der Waals surface area contributed by atoms with Crippen molar-refractivity contribution in [2.45, 2.75) is 143 Å². The number of Topliss-reactive ketones (excluding diaryl/α,β-unsaturated/α-hetero) is 2. The number of rotatable bonds is 20. The molecule has 4 fully saturated rings. The van der Waals surface area contributed by atoms with Crippen molar-refractivity contribution in [3.63, 3.8) is 0 Å². The second kappa shape index (κ2) is 21.2. The van der Waals surface area contributed by atoms with E-state index in [2.05, 4.69) is 15.4 Å². The highest BCUT2D eigenvalue weighted by atomic mass is 16.6. The molecule has 4 amide bonds. The molecule has 0 bridgehead atoms. The number of fused-ring (bicyclic) bond motifs is 1. The van der Waals surface area contributed by atoms with Gasteiger partial charge in [-0.25, -0.2) is 9.59 Å². The molecule has 4 aliphatic rings. The van der Waals surface area contributed by atoms with Crippen LogP contribution in [0.15, 0.2) is 30.4 Å². The fourth-order valence-electron chi connectivity index (χ4n) is 10.7. The van der Waals surface area contributed by atoms with Crippen LogP contribution >= 0.6 is 0 Å². The van der Waals surface area contributed by atoms with Gasteiger partial charge >= 0.3 is 11.9 Å². The number of ether oxygens (including phenoxy) is 1. The number of nitro benzene ring substituents is 1. The van der Waals surface area contributed by atoms with Crippen LogP contribution in [0.1, 0.15) is 145 Å². The van der Waals surface area contributed by atoms with E-state index in [1.807, 2.05) is 13.8 Å². The lowest BCUT2D eigenvalue weighted by Gasteiger charge is -2.39. The molecular weight excluding hydrogens is 839 g/mol. The maximum atomic E-state index is 14.9. The highest BCUT2D eigenvalue weighted by molar-refractivity contribution is 6.07. The summed E-state index contributed by atoms with van der Waals surface area (Å²) in [5.74, 6) is -7.77. The summed E-state index contributed by atoms with van der Waals surface area (Å²) in [5.41, 5.74) is 3.19. The molecule has 1 aromatic carbocycles. The molecule has 0 radical (unpaired) electrons. The average molecular weight is 906 g/mol. The number of carboxylic acid groups (broad SMARTS) is 1. The van der Waals surface area contributed by atoms with Crippen LogP contribution in [-0.2, 0) is 33.5 Å². The second-order valence-corrected chi connectivity index (χ2v) is 20.3. The number of non-ortho nitro benzene ring substituents is 1. The topological polar surface area (TPSA) is 262 Å². The van der Waals surface area contributed by atoms with Crippen LogP contribution in [-0.4, -0.2) is 93.8 Å². The molecule has 1 aliphatic heterocycles. The fraction of sp³-hybridized carbons (Fsp3) is 0.667. The van der Waals surface area contributed by atoms with Crippen LogP contribution in [0.2, 0.25) is 0 Å². The van der Waals surface area contributed by atoms with Crippen molar-refractivity contribution < 1.29 is 53.1 Å². The van der Waals surface area contributed by atoms with E-state index in [0.29, 0.717) is 0 Å². The van der Waals surface area contributed by atoms with Crippen LogP contribution in [0.3, 0.4) is 0 Å². The van der Waals surface area contributed by atoms with Crippen molar-refractivity contribution in [2.24, 2.45) is 52.1 Å². The van der Waals surface area contributed by atoms with E-state index in [0.717, 1.165) is 88.5 Å². The molecular formula is C48H67N5O12. The zero-order valence-electron chi connectivity index (χ0n) is 38.6. The van der Waals surface area contributed by atoms with E-state index in [-0.39, 0.29) is 60.7 Å². The molecule has 1 saturated heterocycles. The number of aromatic carboxylic acids is 1. The number of allylic oxidation sites excluding steroid dienone is 1. The summed E-state index contributed by atoms with van der Waals surface area (Å²) < 4.78 is 4.64. The van der Waals surface area contributed by atoms with Gasteiger partial charge < -0.3 is 31.1 Å². The van der Waals surface area contributed by atoms with E-state index in [9.17, 15) is 53.6 Å². The van der Waals surface area contributed by atoms with Gasteiger partial charge in [0.15, 0.2) is 11.6 Å². The first-order valence-corrected chi connectivity index (χ1v) is 23.1. The molecule has 7 atom stereocenters. The van der Waals surface area contributed by atoms with Crippen molar-refractivity contribution in [3.05, 3.63) is 51.6 Å². The second-order valence-electron chi connectivity index (χ2n) is 20.3. The van der Waals surface area contributed by atoms with Crippen molar-refractivity contribution in [3.8, 4) is 0 Å². The van der Waals surface area contributed by atoms with Crippen LogP contribution in [0.4, 0.5) is 5.69 Å². The van der Waals surface area contributed by atoms with Crippen LogP contribution in [0.5, 0.6) is 0 Å². The number of hydrogen-bond donors (Lipinski definition) is 4. The molecule has 3 aliphatic carbocycles. The number of carbonyl (C=O) groups is 8. The SMILES string of the molecule is COC(=O)/C=C/CC[C@H](CC(=O)c1cc([N+](=O)[O-])ccc1C(=O)O)C(=O)N[C@H](C(=O)N1C[C@H]2[C@@H]([C@H]1C(=O)N[C@H](C(=O)C[C@H](C(N)=O)C1CCCCC1)C1CCCCC1)C2(C)C)C(C)(C)C. The molecule has 0 unspecified atom stereocenters. The maximum Gasteiger partial charge on any atom is 0.336 e. The summed E-state index contributed by atoms with van der Waals surface area (Å²) in [6.45, 7) is 9.51. The van der Waals surface area contributed by atoms with Crippen molar-refractivity contribution >= 4 is 52.8 Å². The van der Waals surface area contributed by atoms with Crippen LogP contribution in [0.25, 0.3) is 0 Å². The number of nitrogens with two attached hydrogens (primary N) is 1. The zero-order chi connectivity index (χ0) is 48.0. The van der Waals surface area contributed by atoms with E-state index < -0.39 is 105 Å². The number of nitrogens with zero attached hydrogens (tertiary/aromatic N) is 2. The Bertz CT molecular complexity index is 2050.